The Labute approximate surface area is 117 Å². The third-order valence-corrected chi connectivity index (χ3v) is 3.31. The van der Waals surface area contributed by atoms with Crippen LogP contribution in [0.3, 0.4) is 0 Å². The quantitative estimate of drug-likeness (QED) is 0.525. The molecule has 0 spiro atoms. The normalized spacial score (nSPS) is 10.0. The van der Waals surface area contributed by atoms with Gasteiger partial charge in [-0.15, -0.1) is 0 Å². The first-order valence-electron chi connectivity index (χ1n) is 5.44. The van der Waals surface area contributed by atoms with Gasteiger partial charge in [0.2, 0.25) is 0 Å². The number of hydrogen-bond acceptors (Lipinski definition) is 6. The molecule has 2 rings (SSSR count). The van der Waals surface area contributed by atoms with Crippen molar-refractivity contribution in [2.24, 2.45) is 0 Å². The highest BCUT2D eigenvalue weighted by molar-refractivity contribution is 7.99. The molecule has 0 radical (unpaired) electrons. The van der Waals surface area contributed by atoms with Crippen LogP contribution in [-0.2, 0) is 0 Å². The van der Waals surface area contributed by atoms with Crippen LogP contribution in [0.5, 0.6) is 0 Å². The van der Waals surface area contributed by atoms with Gasteiger partial charge in [-0.1, -0.05) is 11.8 Å². The van der Waals surface area contributed by atoms with Crippen molar-refractivity contribution in [1.29, 1.82) is 5.26 Å². The summed E-state index contributed by atoms with van der Waals surface area (Å²) in [5.74, 6) is 0. The number of nitro groups is 1. The van der Waals surface area contributed by atoms with Crippen LogP contribution in [0.2, 0.25) is 0 Å². The lowest BCUT2D eigenvalue weighted by Gasteiger charge is -2.03. The second kappa shape index (κ2) is 5.54. The topological polar surface area (TPSA) is 113 Å². The first-order valence-corrected chi connectivity index (χ1v) is 6.25. The highest BCUT2D eigenvalue weighted by atomic mass is 32.2. The van der Waals surface area contributed by atoms with Crippen LogP contribution in [0.25, 0.3) is 0 Å². The number of non-ortho nitro benzene ring substituents is 1. The lowest BCUT2D eigenvalue weighted by Crippen LogP contribution is -2.08. The minimum atomic E-state index is -0.567. The maximum absolute atomic E-state index is 11.3. The zero-order chi connectivity index (χ0) is 14.7. The van der Waals surface area contributed by atoms with Crippen LogP contribution in [0.1, 0.15) is 11.3 Å². The number of aromatic amines is 1. The van der Waals surface area contributed by atoms with E-state index in [1.165, 1.54) is 24.3 Å². The fraction of sp³-hybridized carbons (Fsp3) is 0.0833. The van der Waals surface area contributed by atoms with E-state index >= 15 is 0 Å². The van der Waals surface area contributed by atoms with Crippen LogP contribution in [0.15, 0.2) is 39.1 Å². The van der Waals surface area contributed by atoms with Crippen molar-refractivity contribution in [1.82, 2.24) is 9.97 Å². The molecule has 0 aliphatic rings. The van der Waals surface area contributed by atoms with Crippen LogP contribution >= 0.6 is 11.8 Å². The average molecular weight is 288 g/mol. The number of H-pyrrole nitrogens is 1. The van der Waals surface area contributed by atoms with Crippen LogP contribution in [0.4, 0.5) is 5.69 Å². The predicted molar refractivity (Wildman–Crippen MR) is 71.5 cm³/mol. The van der Waals surface area contributed by atoms with Gasteiger partial charge in [0.05, 0.1) is 10.5 Å². The summed E-state index contributed by atoms with van der Waals surface area (Å²) in [6, 6.07) is 7.20. The van der Waals surface area contributed by atoms with Gasteiger partial charge in [0.1, 0.15) is 6.07 Å². The Bertz CT molecular complexity index is 779. The molecule has 0 bridgehead atoms. The van der Waals surface area contributed by atoms with Gasteiger partial charge in [0.25, 0.3) is 11.2 Å². The van der Waals surface area contributed by atoms with Crippen molar-refractivity contribution in [2.45, 2.75) is 17.0 Å². The second-order valence-corrected chi connectivity index (χ2v) is 4.87. The summed E-state index contributed by atoms with van der Waals surface area (Å²) in [5.41, 5.74) is 0.266. The molecular formula is C12H8N4O3S. The van der Waals surface area contributed by atoms with E-state index in [1.54, 1.807) is 6.92 Å². The smallest absolute Gasteiger partial charge is 0.270 e. The van der Waals surface area contributed by atoms with E-state index in [2.05, 4.69) is 9.97 Å². The van der Waals surface area contributed by atoms with Crippen molar-refractivity contribution in [3.8, 4) is 6.07 Å². The Morgan fingerprint density at radius 2 is 2.20 bits per heavy atom. The lowest BCUT2D eigenvalue weighted by molar-refractivity contribution is -0.384. The molecule has 0 saturated heterocycles. The van der Waals surface area contributed by atoms with Gasteiger partial charge in [-0.3, -0.25) is 14.9 Å². The molecule has 1 heterocycles. The van der Waals surface area contributed by atoms with E-state index in [-0.39, 0.29) is 16.8 Å². The van der Waals surface area contributed by atoms with E-state index in [1.807, 2.05) is 6.07 Å². The Balaban J connectivity index is 2.41. The highest BCUT2D eigenvalue weighted by Gasteiger charge is 2.12. The van der Waals surface area contributed by atoms with Gasteiger partial charge in [0.15, 0.2) is 5.16 Å². The number of nitrogens with zero attached hydrogens (tertiary/aromatic N) is 3. The highest BCUT2D eigenvalue weighted by Crippen LogP contribution is 2.29. The molecule has 20 heavy (non-hydrogen) atoms. The maximum Gasteiger partial charge on any atom is 0.270 e. The minimum Gasteiger partial charge on any atom is -0.301 e. The Morgan fingerprint density at radius 1 is 1.45 bits per heavy atom. The number of rotatable bonds is 3. The van der Waals surface area contributed by atoms with E-state index in [9.17, 15) is 14.9 Å². The van der Waals surface area contributed by atoms with Gasteiger partial charge >= 0.3 is 0 Å². The van der Waals surface area contributed by atoms with Crippen molar-refractivity contribution in [2.75, 3.05) is 0 Å². The fourth-order valence-corrected chi connectivity index (χ4v) is 2.41. The summed E-state index contributed by atoms with van der Waals surface area (Å²) in [6.07, 6.45) is 0. The molecule has 0 aliphatic heterocycles. The first-order chi connectivity index (χ1) is 9.49. The number of hydrogen-bond donors (Lipinski definition) is 1. The Kier molecular flexibility index (Phi) is 3.81. The molecular weight excluding hydrogens is 280 g/mol. The zero-order valence-corrected chi connectivity index (χ0v) is 11.1. The molecule has 0 fully saturated rings. The van der Waals surface area contributed by atoms with Crippen LogP contribution in [0, 0.1) is 28.4 Å². The summed E-state index contributed by atoms with van der Waals surface area (Å²) in [5, 5.41) is 20.0. The van der Waals surface area contributed by atoms with Gasteiger partial charge in [-0.2, -0.15) is 5.26 Å². The summed E-state index contributed by atoms with van der Waals surface area (Å²) >= 11 is 1.08. The number of nitro benzene ring substituents is 1. The number of benzene rings is 1. The number of aromatic nitrogens is 2. The second-order valence-electron chi connectivity index (χ2n) is 3.84. The third-order valence-electron chi connectivity index (χ3n) is 2.35. The summed E-state index contributed by atoms with van der Waals surface area (Å²) in [7, 11) is 0. The summed E-state index contributed by atoms with van der Waals surface area (Å²) in [6.45, 7) is 1.68. The average Bonchev–Trinajstić information content (AvgIpc) is 2.37. The molecule has 0 amide bonds. The van der Waals surface area contributed by atoms with Crippen molar-refractivity contribution in [3.05, 3.63) is 56.0 Å². The van der Waals surface area contributed by atoms with E-state index in [4.69, 9.17) is 5.26 Å². The van der Waals surface area contributed by atoms with Gasteiger partial charge in [-0.05, 0) is 13.0 Å². The molecule has 0 saturated carbocycles. The standard InChI is InChI=1S/C12H8N4O3S/c1-7-4-11(17)15-12(14-7)20-10-3-2-9(16(18)19)5-8(10)6-13/h2-5H,1H3,(H,14,15,17). The molecule has 100 valence electrons. The van der Waals surface area contributed by atoms with Crippen molar-refractivity contribution >= 4 is 17.4 Å². The molecule has 8 heteroatoms. The van der Waals surface area contributed by atoms with E-state index in [0.717, 1.165) is 11.8 Å². The molecule has 0 unspecified atom stereocenters. The first kappa shape index (κ1) is 13.8. The monoisotopic (exact) mass is 288 g/mol. The van der Waals surface area contributed by atoms with Crippen LogP contribution < -0.4 is 5.56 Å². The third kappa shape index (κ3) is 3.02. The maximum atomic E-state index is 11.3. The minimum absolute atomic E-state index is 0.156. The summed E-state index contributed by atoms with van der Waals surface area (Å²) in [4.78, 5) is 28.6. The molecule has 0 atom stereocenters. The fourth-order valence-electron chi connectivity index (χ4n) is 1.51. The van der Waals surface area contributed by atoms with Crippen LogP contribution in [-0.4, -0.2) is 14.9 Å². The molecule has 1 N–H and O–H groups in total. The number of aryl methyl sites for hydroxylation is 1. The van der Waals surface area contributed by atoms with Crippen molar-refractivity contribution in [3.63, 3.8) is 0 Å². The number of nitriles is 1. The molecule has 0 aliphatic carbocycles. The van der Waals surface area contributed by atoms with E-state index in [0.29, 0.717) is 15.7 Å². The molecule has 1 aromatic heterocycles. The van der Waals surface area contributed by atoms with Crippen molar-refractivity contribution < 1.29 is 4.92 Å². The predicted octanol–water partition coefficient (Wildman–Crippen LogP) is 2.01. The molecule has 7 nitrogen and oxygen atoms in total. The SMILES string of the molecule is Cc1cc(=O)[nH]c(Sc2ccc([N+](=O)[O-])cc2C#N)n1. The Morgan fingerprint density at radius 3 is 2.80 bits per heavy atom. The largest absolute Gasteiger partial charge is 0.301 e. The molecule has 1 aromatic carbocycles. The van der Waals surface area contributed by atoms with E-state index < -0.39 is 4.92 Å². The zero-order valence-electron chi connectivity index (χ0n) is 10.3. The number of nitrogens with one attached hydrogen (secondary N) is 1. The molecule has 2 aromatic rings. The Hall–Kier alpha value is -2.66. The van der Waals surface area contributed by atoms with Gasteiger partial charge < -0.3 is 4.98 Å². The summed E-state index contributed by atoms with van der Waals surface area (Å²) < 4.78 is 0. The lowest BCUT2D eigenvalue weighted by atomic mass is 10.2. The van der Waals surface area contributed by atoms with Gasteiger partial charge in [-0.25, -0.2) is 4.98 Å². The van der Waals surface area contributed by atoms with Gasteiger partial charge in [0, 0.05) is 28.8 Å².